The molecule has 0 heterocycles. The van der Waals surface area contributed by atoms with E-state index in [-0.39, 0.29) is 16.7 Å². The third-order valence-corrected chi connectivity index (χ3v) is 5.37. The van der Waals surface area contributed by atoms with Crippen molar-refractivity contribution in [3.05, 3.63) is 0 Å². The van der Waals surface area contributed by atoms with Crippen LogP contribution in [0.1, 0.15) is 60.3 Å². The van der Waals surface area contributed by atoms with Crippen molar-refractivity contribution >= 4 is 5.91 Å². The van der Waals surface area contributed by atoms with Gasteiger partial charge >= 0.3 is 0 Å². The van der Waals surface area contributed by atoms with Crippen LogP contribution in [0.25, 0.3) is 0 Å². The predicted molar refractivity (Wildman–Crippen MR) is 80.7 cm³/mol. The zero-order valence-corrected chi connectivity index (χ0v) is 13.4. The fourth-order valence-electron chi connectivity index (χ4n) is 2.54. The van der Waals surface area contributed by atoms with Crippen LogP contribution in [0.2, 0.25) is 0 Å². The van der Waals surface area contributed by atoms with Crippen molar-refractivity contribution in [3.8, 4) is 0 Å². The first kappa shape index (κ1) is 16.5. The molecule has 0 aromatic heterocycles. The molecule has 112 valence electrons. The minimum atomic E-state index is -0.306. The Bertz CT molecular complexity index is 302. The van der Waals surface area contributed by atoms with Gasteiger partial charge in [-0.05, 0) is 42.9 Å². The number of nitrogens with one attached hydrogen (secondary N) is 1. The molecule has 1 fully saturated rings. The summed E-state index contributed by atoms with van der Waals surface area (Å²) in [6.07, 6.45) is 4.13. The molecule has 1 rings (SSSR count). The highest BCUT2D eigenvalue weighted by Crippen LogP contribution is 2.38. The molecule has 1 aliphatic rings. The van der Waals surface area contributed by atoms with Crippen LogP contribution in [0.15, 0.2) is 0 Å². The Labute approximate surface area is 118 Å². The van der Waals surface area contributed by atoms with Crippen LogP contribution in [0, 0.1) is 22.7 Å². The van der Waals surface area contributed by atoms with E-state index in [0.29, 0.717) is 12.5 Å². The van der Waals surface area contributed by atoms with Crippen molar-refractivity contribution < 1.29 is 4.79 Å². The van der Waals surface area contributed by atoms with E-state index in [4.69, 9.17) is 5.73 Å². The van der Waals surface area contributed by atoms with Crippen LogP contribution in [0.5, 0.6) is 0 Å². The third kappa shape index (κ3) is 3.95. The van der Waals surface area contributed by atoms with Gasteiger partial charge in [0.15, 0.2) is 0 Å². The second-order valence-electron chi connectivity index (χ2n) is 7.49. The summed E-state index contributed by atoms with van der Waals surface area (Å²) >= 11 is 0. The molecular weight excluding hydrogens is 236 g/mol. The number of hydrogen-bond donors (Lipinski definition) is 2. The van der Waals surface area contributed by atoms with E-state index >= 15 is 0 Å². The van der Waals surface area contributed by atoms with Gasteiger partial charge in [-0.3, -0.25) is 4.79 Å². The van der Waals surface area contributed by atoms with Gasteiger partial charge in [0.05, 0.1) is 5.41 Å². The molecule has 0 bridgehead atoms. The first-order chi connectivity index (χ1) is 8.73. The van der Waals surface area contributed by atoms with Crippen LogP contribution in [-0.4, -0.2) is 19.0 Å². The molecule has 0 aliphatic heterocycles. The van der Waals surface area contributed by atoms with E-state index in [1.54, 1.807) is 0 Å². The van der Waals surface area contributed by atoms with Gasteiger partial charge in [0.2, 0.25) is 5.91 Å². The van der Waals surface area contributed by atoms with E-state index in [1.165, 1.54) is 0 Å². The molecule has 1 aliphatic carbocycles. The van der Waals surface area contributed by atoms with Crippen LogP contribution in [-0.2, 0) is 4.79 Å². The Morgan fingerprint density at radius 3 is 2.32 bits per heavy atom. The first-order valence-corrected chi connectivity index (χ1v) is 7.72. The van der Waals surface area contributed by atoms with Crippen molar-refractivity contribution in [2.75, 3.05) is 13.1 Å². The quantitative estimate of drug-likeness (QED) is 0.805. The lowest BCUT2D eigenvalue weighted by Gasteiger charge is -2.38. The molecule has 3 N–H and O–H groups in total. The van der Waals surface area contributed by atoms with Gasteiger partial charge in [-0.15, -0.1) is 0 Å². The summed E-state index contributed by atoms with van der Waals surface area (Å²) in [5.41, 5.74) is 5.75. The van der Waals surface area contributed by atoms with Crippen molar-refractivity contribution in [1.82, 2.24) is 5.32 Å². The van der Waals surface area contributed by atoms with E-state index in [0.717, 1.165) is 38.1 Å². The van der Waals surface area contributed by atoms with Gasteiger partial charge in [0, 0.05) is 13.1 Å². The van der Waals surface area contributed by atoms with Gasteiger partial charge in [0.25, 0.3) is 0 Å². The third-order valence-electron chi connectivity index (χ3n) is 5.37. The Morgan fingerprint density at radius 2 is 1.89 bits per heavy atom. The van der Waals surface area contributed by atoms with Gasteiger partial charge < -0.3 is 11.1 Å². The highest BCUT2D eigenvalue weighted by atomic mass is 16.2. The van der Waals surface area contributed by atoms with Gasteiger partial charge in [-0.2, -0.15) is 0 Å². The summed E-state index contributed by atoms with van der Waals surface area (Å²) in [6.45, 7) is 12.3. The average Bonchev–Trinajstić information content (AvgIpc) is 2.37. The minimum Gasteiger partial charge on any atom is -0.355 e. The lowest BCUT2D eigenvalue weighted by molar-refractivity contribution is -0.133. The molecule has 1 amide bonds. The lowest BCUT2D eigenvalue weighted by atomic mass is 9.70. The summed E-state index contributed by atoms with van der Waals surface area (Å²) in [6, 6.07) is 0. The molecule has 19 heavy (non-hydrogen) atoms. The molecule has 0 aromatic carbocycles. The second kappa shape index (κ2) is 6.25. The molecule has 3 heteroatoms. The Hall–Kier alpha value is -0.570. The SMILES string of the molecule is CC1CCC(CN)(C(=O)NCC(C)(C)C(C)C)CC1. The molecule has 1 saturated carbocycles. The number of nitrogens with two attached hydrogens (primary N) is 1. The molecule has 0 spiro atoms. The highest BCUT2D eigenvalue weighted by Gasteiger charge is 2.40. The average molecular weight is 268 g/mol. The molecule has 0 radical (unpaired) electrons. The zero-order valence-electron chi connectivity index (χ0n) is 13.4. The summed E-state index contributed by atoms with van der Waals surface area (Å²) in [4.78, 5) is 12.5. The van der Waals surface area contributed by atoms with E-state index in [2.05, 4.69) is 39.9 Å². The first-order valence-electron chi connectivity index (χ1n) is 7.72. The maximum absolute atomic E-state index is 12.5. The molecule has 3 nitrogen and oxygen atoms in total. The predicted octanol–water partition coefficient (Wildman–Crippen LogP) is 2.94. The number of hydrogen-bond acceptors (Lipinski definition) is 2. The second-order valence-corrected chi connectivity index (χ2v) is 7.49. The van der Waals surface area contributed by atoms with E-state index < -0.39 is 0 Å². The van der Waals surface area contributed by atoms with Gasteiger partial charge in [0.1, 0.15) is 0 Å². The van der Waals surface area contributed by atoms with Crippen molar-refractivity contribution in [2.24, 2.45) is 28.4 Å². The fraction of sp³-hybridized carbons (Fsp3) is 0.938. The number of rotatable bonds is 5. The maximum Gasteiger partial charge on any atom is 0.227 e. The summed E-state index contributed by atoms with van der Waals surface area (Å²) in [7, 11) is 0. The molecule has 0 atom stereocenters. The Morgan fingerprint density at radius 1 is 1.37 bits per heavy atom. The Kier molecular flexibility index (Phi) is 5.43. The Balaban J connectivity index is 2.60. The minimum absolute atomic E-state index is 0.132. The van der Waals surface area contributed by atoms with Crippen LogP contribution in [0.4, 0.5) is 0 Å². The topological polar surface area (TPSA) is 55.1 Å². The number of amides is 1. The normalized spacial score (nSPS) is 28.5. The van der Waals surface area contributed by atoms with Crippen LogP contribution in [0.3, 0.4) is 0 Å². The molecular formula is C16H32N2O. The number of carbonyl (C=O) groups is 1. The largest absolute Gasteiger partial charge is 0.355 e. The smallest absolute Gasteiger partial charge is 0.227 e. The van der Waals surface area contributed by atoms with Gasteiger partial charge in [-0.1, -0.05) is 34.6 Å². The summed E-state index contributed by atoms with van der Waals surface area (Å²) in [5.74, 6) is 1.46. The van der Waals surface area contributed by atoms with Crippen molar-refractivity contribution in [2.45, 2.75) is 60.3 Å². The number of carbonyl (C=O) groups excluding carboxylic acids is 1. The monoisotopic (exact) mass is 268 g/mol. The van der Waals surface area contributed by atoms with Gasteiger partial charge in [-0.25, -0.2) is 0 Å². The zero-order chi connectivity index (χ0) is 14.7. The fourth-order valence-corrected chi connectivity index (χ4v) is 2.54. The van der Waals surface area contributed by atoms with E-state index in [9.17, 15) is 4.79 Å². The standard InChI is InChI=1S/C16H32N2O/c1-12(2)15(4,5)11-18-14(19)16(10-17)8-6-13(3)7-9-16/h12-13H,6-11,17H2,1-5H3,(H,18,19). The summed E-state index contributed by atoms with van der Waals surface area (Å²) < 4.78 is 0. The van der Waals surface area contributed by atoms with Crippen LogP contribution >= 0.6 is 0 Å². The maximum atomic E-state index is 12.5. The molecule has 0 unspecified atom stereocenters. The van der Waals surface area contributed by atoms with Crippen molar-refractivity contribution in [1.29, 1.82) is 0 Å². The summed E-state index contributed by atoms with van der Waals surface area (Å²) in [5, 5.41) is 3.16. The van der Waals surface area contributed by atoms with Crippen molar-refractivity contribution in [3.63, 3.8) is 0 Å². The molecule has 0 saturated heterocycles. The highest BCUT2D eigenvalue weighted by molar-refractivity contribution is 5.83. The van der Waals surface area contributed by atoms with E-state index in [1.807, 2.05) is 0 Å². The van der Waals surface area contributed by atoms with Crippen LogP contribution < -0.4 is 11.1 Å². The lowest BCUT2D eigenvalue weighted by Crippen LogP contribution is -2.50. The molecule has 0 aromatic rings.